The molecule has 0 atom stereocenters. The number of fused-ring (bicyclic) bond motifs is 1. The van der Waals surface area contributed by atoms with Crippen LogP contribution in [0.4, 0.5) is 13.2 Å². The highest BCUT2D eigenvalue weighted by Gasteiger charge is 2.39. The van der Waals surface area contributed by atoms with Crippen molar-refractivity contribution < 1.29 is 21.6 Å². The smallest absolute Gasteiger partial charge is 0.246 e. The van der Waals surface area contributed by atoms with Crippen molar-refractivity contribution in [3.8, 4) is 0 Å². The maximum absolute atomic E-state index is 12.8. The van der Waals surface area contributed by atoms with Crippen LogP contribution in [0.5, 0.6) is 0 Å². The van der Waals surface area contributed by atoms with Crippen LogP contribution in [0.25, 0.3) is 0 Å². The van der Waals surface area contributed by atoms with Gasteiger partial charge in [0.1, 0.15) is 0 Å². The molecule has 0 unspecified atom stereocenters. The van der Waals surface area contributed by atoms with Crippen molar-refractivity contribution in [2.75, 3.05) is 0 Å². The van der Waals surface area contributed by atoms with E-state index in [1.54, 1.807) is 0 Å². The number of hydrogen-bond donors (Lipinski definition) is 2. The van der Waals surface area contributed by atoms with Gasteiger partial charge in [0.2, 0.25) is 0 Å². The molecule has 1 aromatic rings. The molecule has 1 aromatic carbocycles. The summed E-state index contributed by atoms with van der Waals surface area (Å²) in [6.45, 7) is 0. The van der Waals surface area contributed by atoms with Crippen LogP contribution in [0, 0.1) is 0 Å². The van der Waals surface area contributed by atoms with Crippen LogP contribution in [0.3, 0.4) is 0 Å². The number of sulfonamides is 1. The highest BCUT2D eigenvalue weighted by atomic mass is 32.2. The zero-order valence-electron chi connectivity index (χ0n) is 8.52. The Balaban J connectivity index is 2.76. The normalized spacial score (nSPS) is 15.7. The van der Waals surface area contributed by atoms with Crippen LogP contribution in [0.15, 0.2) is 28.2 Å². The highest BCUT2D eigenvalue weighted by molar-refractivity contribution is 8.05. The van der Waals surface area contributed by atoms with E-state index in [-0.39, 0.29) is 4.90 Å². The first-order chi connectivity index (χ1) is 8.21. The SMILES string of the molecule is NS(=O)(=O)C1=NNSc2cccc(C(F)(F)F)c21. The number of rotatable bonds is 0. The first-order valence-electron chi connectivity index (χ1n) is 4.44. The number of hydrazone groups is 1. The van der Waals surface area contributed by atoms with Gasteiger partial charge in [0.05, 0.1) is 5.56 Å². The summed E-state index contributed by atoms with van der Waals surface area (Å²) in [7, 11) is -4.35. The lowest BCUT2D eigenvalue weighted by atomic mass is 10.1. The van der Waals surface area contributed by atoms with E-state index in [1.807, 2.05) is 0 Å². The fourth-order valence-corrected chi connectivity index (χ4v) is 2.94. The molecule has 0 radical (unpaired) electrons. The molecule has 1 aliphatic rings. The van der Waals surface area contributed by atoms with Crippen LogP contribution in [0.2, 0.25) is 0 Å². The number of benzene rings is 1. The lowest BCUT2D eigenvalue weighted by molar-refractivity contribution is -0.137. The largest absolute Gasteiger partial charge is 0.417 e. The Morgan fingerprint density at radius 2 is 2.00 bits per heavy atom. The number of nitrogens with one attached hydrogen (secondary N) is 1. The molecular formula is C8H6F3N3O2S2. The molecule has 1 aliphatic heterocycles. The van der Waals surface area contributed by atoms with E-state index in [0.29, 0.717) is 0 Å². The average molecular weight is 297 g/mol. The minimum Gasteiger partial charge on any atom is -0.246 e. The summed E-state index contributed by atoms with van der Waals surface area (Å²) in [5.74, 6) is 0. The van der Waals surface area contributed by atoms with Gasteiger partial charge in [-0.25, -0.2) is 18.4 Å². The predicted octanol–water partition coefficient (Wildman–Crippen LogP) is 1.27. The Morgan fingerprint density at radius 3 is 2.56 bits per heavy atom. The predicted molar refractivity (Wildman–Crippen MR) is 60.1 cm³/mol. The van der Waals surface area contributed by atoms with E-state index in [1.165, 1.54) is 12.1 Å². The van der Waals surface area contributed by atoms with Gasteiger partial charge in [-0.2, -0.15) is 18.3 Å². The summed E-state index contributed by atoms with van der Waals surface area (Å²) in [4.78, 5) is 2.36. The standard InChI is InChI=1S/C8H6F3N3O2S2/c9-8(10,11)4-2-1-3-5-6(4)7(13-14-17-5)18(12,15)16/h1-3,14H,(H2,12,15,16). The van der Waals surface area contributed by atoms with E-state index in [0.717, 1.165) is 18.0 Å². The van der Waals surface area contributed by atoms with Crippen LogP contribution in [-0.4, -0.2) is 13.5 Å². The molecule has 0 amide bonds. The van der Waals surface area contributed by atoms with Crippen molar-refractivity contribution in [3.63, 3.8) is 0 Å². The number of alkyl halides is 3. The second kappa shape index (κ2) is 4.14. The van der Waals surface area contributed by atoms with Crippen molar-refractivity contribution >= 4 is 27.0 Å². The first-order valence-corrected chi connectivity index (χ1v) is 6.80. The number of nitrogens with zero attached hydrogens (tertiary/aromatic N) is 1. The molecule has 0 saturated heterocycles. The van der Waals surface area contributed by atoms with E-state index < -0.39 is 32.4 Å². The third-order valence-corrected chi connectivity index (χ3v) is 3.69. The van der Waals surface area contributed by atoms with Crippen LogP contribution in [-0.2, 0) is 16.2 Å². The lowest BCUT2D eigenvalue weighted by Gasteiger charge is -2.19. The molecule has 0 fully saturated rings. The van der Waals surface area contributed by atoms with Gasteiger partial charge in [0.25, 0.3) is 10.0 Å². The topological polar surface area (TPSA) is 84.6 Å². The summed E-state index contributed by atoms with van der Waals surface area (Å²) in [5.41, 5.74) is -1.60. The van der Waals surface area contributed by atoms with Gasteiger partial charge < -0.3 is 0 Å². The zero-order chi connectivity index (χ0) is 13.6. The summed E-state index contributed by atoms with van der Waals surface area (Å²) in [6, 6.07) is 3.32. The quantitative estimate of drug-likeness (QED) is 0.706. The van der Waals surface area contributed by atoms with Crippen molar-refractivity contribution in [2.45, 2.75) is 11.1 Å². The van der Waals surface area contributed by atoms with Gasteiger partial charge in [-0.05, 0) is 12.1 Å². The summed E-state index contributed by atoms with van der Waals surface area (Å²) in [6.07, 6.45) is -4.69. The fraction of sp³-hybridized carbons (Fsp3) is 0.125. The third-order valence-electron chi connectivity index (χ3n) is 2.12. The second-order valence-electron chi connectivity index (χ2n) is 3.33. The van der Waals surface area contributed by atoms with E-state index in [9.17, 15) is 21.6 Å². The molecule has 0 aliphatic carbocycles. The van der Waals surface area contributed by atoms with Gasteiger partial charge in [-0.1, -0.05) is 6.07 Å². The number of primary sulfonamides is 1. The maximum Gasteiger partial charge on any atom is 0.417 e. The molecule has 18 heavy (non-hydrogen) atoms. The Labute approximate surface area is 104 Å². The summed E-state index contributed by atoms with van der Waals surface area (Å²) < 4.78 is 61.0. The zero-order valence-corrected chi connectivity index (χ0v) is 10.2. The second-order valence-corrected chi connectivity index (χ2v) is 5.64. The van der Waals surface area contributed by atoms with Gasteiger partial charge in [0, 0.05) is 22.4 Å². The van der Waals surface area contributed by atoms with Crippen LogP contribution in [0.1, 0.15) is 11.1 Å². The molecule has 1 heterocycles. The highest BCUT2D eigenvalue weighted by Crippen LogP contribution is 2.38. The van der Waals surface area contributed by atoms with Gasteiger partial charge in [-0.3, -0.25) is 0 Å². The molecule has 5 nitrogen and oxygen atoms in total. The van der Waals surface area contributed by atoms with Crippen LogP contribution >= 0.6 is 11.9 Å². The Bertz CT molecular complexity index is 625. The van der Waals surface area contributed by atoms with E-state index in [4.69, 9.17) is 5.14 Å². The molecular weight excluding hydrogens is 291 g/mol. The maximum atomic E-state index is 12.8. The molecule has 0 aromatic heterocycles. The first kappa shape index (κ1) is 13.2. The Morgan fingerprint density at radius 1 is 1.33 bits per heavy atom. The molecule has 2 rings (SSSR count). The summed E-state index contributed by atoms with van der Waals surface area (Å²) in [5, 5.41) is 7.38. The molecule has 10 heteroatoms. The minimum absolute atomic E-state index is 0.101. The van der Waals surface area contributed by atoms with Gasteiger partial charge >= 0.3 is 6.18 Å². The number of halogens is 3. The van der Waals surface area contributed by atoms with Gasteiger partial charge in [-0.15, -0.1) is 0 Å². The Kier molecular flexibility index (Phi) is 3.03. The van der Waals surface area contributed by atoms with Crippen molar-refractivity contribution in [1.82, 2.24) is 4.83 Å². The summed E-state index contributed by atoms with van der Waals surface area (Å²) >= 11 is 0.781. The molecule has 0 bridgehead atoms. The molecule has 98 valence electrons. The van der Waals surface area contributed by atoms with Gasteiger partial charge in [0.15, 0.2) is 5.04 Å². The number of hydrogen-bond acceptors (Lipinski definition) is 5. The monoisotopic (exact) mass is 297 g/mol. The average Bonchev–Trinajstić information content (AvgIpc) is 2.24. The lowest BCUT2D eigenvalue weighted by Crippen LogP contribution is -2.31. The molecule has 0 saturated carbocycles. The van der Waals surface area contributed by atoms with Crippen molar-refractivity contribution in [2.24, 2.45) is 10.2 Å². The van der Waals surface area contributed by atoms with Crippen LogP contribution < -0.4 is 9.97 Å². The Hall–Kier alpha value is -1.26. The van der Waals surface area contributed by atoms with Crippen molar-refractivity contribution in [3.05, 3.63) is 29.3 Å². The molecule has 0 spiro atoms. The fourth-order valence-electron chi connectivity index (χ4n) is 1.45. The van der Waals surface area contributed by atoms with E-state index >= 15 is 0 Å². The minimum atomic E-state index is -4.69. The third kappa shape index (κ3) is 2.31. The molecule has 3 N–H and O–H groups in total. The van der Waals surface area contributed by atoms with Crippen molar-refractivity contribution in [1.29, 1.82) is 0 Å². The van der Waals surface area contributed by atoms with E-state index in [2.05, 4.69) is 9.93 Å². The number of nitrogens with two attached hydrogens (primary N) is 1.